The molecule has 122 valence electrons. The van der Waals surface area contributed by atoms with Crippen LogP contribution in [0.3, 0.4) is 0 Å². The molecule has 0 radical (unpaired) electrons. The van der Waals surface area contributed by atoms with E-state index in [0.717, 1.165) is 31.2 Å². The van der Waals surface area contributed by atoms with Gasteiger partial charge in [0.15, 0.2) is 16.1 Å². The number of aryl methyl sites for hydroxylation is 1. The van der Waals surface area contributed by atoms with Gasteiger partial charge in [0.05, 0.1) is 16.2 Å². The van der Waals surface area contributed by atoms with Crippen LogP contribution in [0.15, 0.2) is 29.2 Å². The Kier molecular flexibility index (Phi) is 4.57. The number of hydrogen-bond acceptors (Lipinski definition) is 4. The summed E-state index contributed by atoms with van der Waals surface area (Å²) in [6.07, 6.45) is 4.29. The van der Waals surface area contributed by atoms with Crippen molar-refractivity contribution >= 4 is 9.84 Å². The van der Waals surface area contributed by atoms with Crippen molar-refractivity contribution in [3.8, 4) is 0 Å². The molecule has 0 bridgehead atoms. The minimum Gasteiger partial charge on any atom is -0.368 e. The zero-order valence-electron chi connectivity index (χ0n) is 12.9. The molecule has 4 nitrogen and oxygen atoms in total. The maximum atomic E-state index is 13.0. The molecule has 3 atom stereocenters. The highest BCUT2D eigenvalue weighted by Crippen LogP contribution is 2.39. The summed E-state index contributed by atoms with van der Waals surface area (Å²) in [5.41, 5.74) is 1.03. The van der Waals surface area contributed by atoms with E-state index in [0.29, 0.717) is 4.90 Å². The fraction of sp³-hybridized carbons (Fsp3) is 0.647. The molecule has 22 heavy (non-hydrogen) atoms. The normalized spacial score (nSPS) is 30.5. The molecular weight excluding hydrogens is 300 g/mol. The lowest BCUT2D eigenvalue weighted by Crippen LogP contribution is -2.37. The Bertz CT molecular complexity index is 602. The monoisotopic (exact) mass is 324 g/mol. The third-order valence-electron chi connectivity index (χ3n) is 4.98. The lowest BCUT2D eigenvalue weighted by molar-refractivity contribution is -0.108. The van der Waals surface area contributed by atoms with Crippen LogP contribution >= 0.6 is 0 Å². The third kappa shape index (κ3) is 3.07. The van der Waals surface area contributed by atoms with E-state index in [1.54, 1.807) is 12.1 Å². The zero-order chi connectivity index (χ0) is 15.7. The number of hydrogen-bond donors (Lipinski definition) is 1. The van der Waals surface area contributed by atoms with E-state index in [4.69, 9.17) is 4.74 Å². The van der Waals surface area contributed by atoms with Crippen molar-refractivity contribution in [2.24, 2.45) is 5.92 Å². The number of sulfone groups is 1. The lowest BCUT2D eigenvalue weighted by atomic mass is 9.84. The second-order valence-corrected chi connectivity index (χ2v) is 8.75. The van der Waals surface area contributed by atoms with E-state index in [9.17, 15) is 13.5 Å². The molecule has 3 rings (SSSR count). The molecule has 5 heteroatoms. The number of aliphatic hydroxyl groups excluding tert-OH is 1. The maximum Gasteiger partial charge on any atom is 0.183 e. The largest absolute Gasteiger partial charge is 0.368 e. The van der Waals surface area contributed by atoms with Crippen LogP contribution in [0.1, 0.15) is 44.1 Å². The van der Waals surface area contributed by atoms with E-state index in [1.165, 1.54) is 6.42 Å². The summed E-state index contributed by atoms with van der Waals surface area (Å²) >= 11 is 0. The molecule has 0 amide bonds. The van der Waals surface area contributed by atoms with Gasteiger partial charge in [-0.1, -0.05) is 37.0 Å². The minimum absolute atomic E-state index is 0.178. The highest BCUT2D eigenvalue weighted by atomic mass is 32.2. The van der Waals surface area contributed by atoms with Crippen molar-refractivity contribution in [2.45, 2.75) is 68.0 Å². The van der Waals surface area contributed by atoms with Gasteiger partial charge in [-0.2, -0.15) is 0 Å². The topological polar surface area (TPSA) is 63.6 Å². The number of benzene rings is 1. The van der Waals surface area contributed by atoms with E-state index < -0.39 is 21.4 Å². The first kappa shape index (κ1) is 16.0. The average Bonchev–Trinajstić information content (AvgIpc) is 2.91. The quantitative estimate of drug-likeness (QED) is 0.928. The van der Waals surface area contributed by atoms with Gasteiger partial charge in [-0.15, -0.1) is 0 Å². The van der Waals surface area contributed by atoms with Crippen LogP contribution in [0.25, 0.3) is 0 Å². The van der Waals surface area contributed by atoms with Crippen LogP contribution in [0.5, 0.6) is 0 Å². The zero-order valence-corrected chi connectivity index (χ0v) is 13.8. The van der Waals surface area contributed by atoms with Crippen molar-refractivity contribution in [1.29, 1.82) is 0 Å². The molecule has 1 saturated heterocycles. The summed E-state index contributed by atoms with van der Waals surface area (Å²) < 4.78 is 31.5. The molecule has 2 aliphatic rings. The van der Waals surface area contributed by atoms with E-state index in [1.807, 2.05) is 19.1 Å². The molecule has 1 aliphatic carbocycles. The van der Waals surface area contributed by atoms with E-state index >= 15 is 0 Å². The summed E-state index contributed by atoms with van der Waals surface area (Å²) in [7, 11) is -3.47. The Morgan fingerprint density at radius 2 is 1.73 bits per heavy atom. The molecule has 1 saturated carbocycles. The highest BCUT2D eigenvalue weighted by molar-refractivity contribution is 7.92. The number of ether oxygens (including phenoxy) is 1. The van der Waals surface area contributed by atoms with Crippen LogP contribution in [0, 0.1) is 12.8 Å². The maximum absolute atomic E-state index is 13.0. The molecule has 2 fully saturated rings. The number of aliphatic hydroxyl groups is 1. The van der Waals surface area contributed by atoms with Gasteiger partial charge in [-0.25, -0.2) is 8.42 Å². The highest BCUT2D eigenvalue weighted by Gasteiger charge is 2.46. The summed E-state index contributed by atoms with van der Waals surface area (Å²) in [5, 5.41) is 9.24. The first-order chi connectivity index (χ1) is 10.5. The molecule has 0 spiro atoms. The second-order valence-electron chi connectivity index (χ2n) is 6.59. The summed E-state index contributed by atoms with van der Waals surface area (Å²) in [6.45, 7) is 1.93. The molecule has 1 N–H and O–H groups in total. The van der Waals surface area contributed by atoms with Crippen LogP contribution in [-0.2, 0) is 14.6 Å². The van der Waals surface area contributed by atoms with Gasteiger partial charge in [0, 0.05) is 6.42 Å². The molecular formula is C17H24O4S. The predicted octanol–water partition coefficient (Wildman–Crippen LogP) is 2.82. The molecule has 0 aromatic heterocycles. The fourth-order valence-electron chi connectivity index (χ4n) is 3.74. The summed E-state index contributed by atoms with van der Waals surface area (Å²) in [4.78, 5) is 0.335. The van der Waals surface area contributed by atoms with Gasteiger partial charge in [0.25, 0.3) is 0 Å². The van der Waals surface area contributed by atoms with Gasteiger partial charge < -0.3 is 9.84 Å². The Labute approximate surface area is 132 Å². The molecule has 1 aromatic rings. The Balaban J connectivity index is 1.88. The summed E-state index contributed by atoms with van der Waals surface area (Å²) in [5.74, 6) is 0.246. The molecule has 1 aromatic carbocycles. The van der Waals surface area contributed by atoms with Crippen molar-refractivity contribution in [1.82, 2.24) is 0 Å². The van der Waals surface area contributed by atoms with E-state index in [2.05, 4.69) is 0 Å². The van der Waals surface area contributed by atoms with Gasteiger partial charge in [-0.3, -0.25) is 0 Å². The van der Waals surface area contributed by atoms with Crippen molar-refractivity contribution in [3.63, 3.8) is 0 Å². The van der Waals surface area contributed by atoms with Gasteiger partial charge >= 0.3 is 0 Å². The van der Waals surface area contributed by atoms with Crippen molar-refractivity contribution in [2.75, 3.05) is 0 Å². The van der Waals surface area contributed by atoms with E-state index in [-0.39, 0.29) is 18.4 Å². The standard InChI is InChI=1S/C17H24O4S/c1-12-7-9-14(10-8-12)22(19,20)15-11-16(18)21-17(15)13-5-3-2-4-6-13/h7-10,13,15-18H,2-6,11H2,1H3. The summed E-state index contributed by atoms with van der Waals surface area (Å²) in [6, 6.07) is 6.95. The SMILES string of the molecule is Cc1ccc(S(=O)(=O)C2CC(O)OC2C2CCCCC2)cc1. The number of rotatable bonds is 3. The van der Waals surface area contributed by atoms with Crippen molar-refractivity contribution in [3.05, 3.63) is 29.8 Å². The van der Waals surface area contributed by atoms with Crippen molar-refractivity contribution < 1.29 is 18.3 Å². The Morgan fingerprint density at radius 3 is 2.36 bits per heavy atom. The minimum atomic E-state index is -3.47. The molecule has 3 unspecified atom stereocenters. The predicted molar refractivity (Wildman–Crippen MR) is 84.2 cm³/mol. The smallest absolute Gasteiger partial charge is 0.183 e. The lowest BCUT2D eigenvalue weighted by Gasteiger charge is -2.30. The third-order valence-corrected chi connectivity index (χ3v) is 7.16. The van der Waals surface area contributed by atoms with Crippen LogP contribution in [0.2, 0.25) is 0 Å². The van der Waals surface area contributed by atoms with Crippen LogP contribution < -0.4 is 0 Å². The fourth-order valence-corrected chi connectivity index (χ4v) is 5.66. The van der Waals surface area contributed by atoms with Crippen LogP contribution in [0.4, 0.5) is 0 Å². The van der Waals surface area contributed by atoms with Gasteiger partial charge in [0.1, 0.15) is 0 Å². The Hall–Kier alpha value is -0.910. The molecule has 1 heterocycles. The Morgan fingerprint density at radius 1 is 1.09 bits per heavy atom. The van der Waals surface area contributed by atoms with Gasteiger partial charge in [0.2, 0.25) is 0 Å². The molecule has 1 aliphatic heterocycles. The average molecular weight is 324 g/mol. The first-order valence-electron chi connectivity index (χ1n) is 8.12. The first-order valence-corrected chi connectivity index (χ1v) is 9.67. The van der Waals surface area contributed by atoms with Gasteiger partial charge in [-0.05, 0) is 37.8 Å². The van der Waals surface area contributed by atoms with Crippen LogP contribution in [-0.4, -0.2) is 31.2 Å². The second kappa shape index (κ2) is 6.30.